The molecule has 0 spiro atoms. The highest BCUT2D eigenvalue weighted by molar-refractivity contribution is 5.76. The van der Waals surface area contributed by atoms with Crippen molar-refractivity contribution in [2.45, 2.75) is 37.7 Å². The minimum absolute atomic E-state index is 0.0641. The third-order valence-electron chi connectivity index (χ3n) is 7.24. The quantitative estimate of drug-likeness (QED) is 0.516. The molecule has 2 heterocycles. The lowest BCUT2D eigenvalue weighted by Gasteiger charge is -2.36. The summed E-state index contributed by atoms with van der Waals surface area (Å²) in [5.41, 5.74) is -0.886. The van der Waals surface area contributed by atoms with Crippen molar-refractivity contribution >= 4 is 17.3 Å². The first-order valence-electron chi connectivity index (χ1n) is 12.7. The van der Waals surface area contributed by atoms with Crippen LogP contribution in [0.4, 0.5) is 37.7 Å². The van der Waals surface area contributed by atoms with Gasteiger partial charge in [0.25, 0.3) is 0 Å². The van der Waals surface area contributed by atoms with E-state index in [0.29, 0.717) is 70.8 Å². The second-order valence-electron chi connectivity index (χ2n) is 9.79. The average Bonchev–Trinajstić information content (AvgIpc) is 2.91. The van der Waals surface area contributed by atoms with E-state index in [9.17, 15) is 31.1 Å². The number of piperazine rings is 1. The zero-order valence-corrected chi connectivity index (χ0v) is 21.2. The van der Waals surface area contributed by atoms with Gasteiger partial charge in [-0.15, -0.1) is 0 Å². The Morgan fingerprint density at radius 1 is 0.846 bits per heavy atom. The highest BCUT2D eigenvalue weighted by Crippen LogP contribution is 2.35. The molecule has 1 N–H and O–H groups in total. The van der Waals surface area contributed by atoms with Crippen molar-refractivity contribution in [1.29, 1.82) is 5.26 Å². The molecule has 1 amide bonds. The zero-order chi connectivity index (χ0) is 28.2. The zero-order valence-electron chi connectivity index (χ0n) is 21.2. The number of piperidine rings is 1. The number of nitrogens with zero attached hydrogens (tertiary/aromatic N) is 4. The summed E-state index contributed by atoms with van der Waals surface area (Å²) in [6.45, 7) is 4.22. The summed E-state index contributed by atoms with van der Waals surface area (Å²) < 4.78 is 78.2. The maximum absolute atomic E-state index is 13.3. The Morgan fingerprint density at radius 2 is 1.44 bits per heavy atom. The Kier molecular flexibility index (Phi) is 8.59. The summed E-state index contributed by atoms with van der Waals surface area (Å²) in [7, 11) is 0. The van der Waals surface area contributed by atoms with Crippen LogP contribution in [0.25, 0.3) is 0 Å². The van der Waals surface area contributed by atoms with Crippen LogP contribution in [0, 0.1) is 11.3 Å². The number of hydrogen-bond acceptors (Lipinski definition) is 5. The molecular weight excluding hydrogens is 524 g/mol. The number of benzene rings is 2. The Morgan fingerprint density at radius 3 is 2.00 bits per heavy atom. The van der Waals surface area contributed by atoms with Gasteiger partial charge in [-0.1, -0.05) is 0 Å². The molecule has 39 heavy (non-hydrogen) atoms. The standard InChI is InChI=1S/C27H29F6N5O/c28-26(29,30)20-2-5-22(6-3-20)38-15-13-36(14-16-38)10-9-25(39)35-21-7-11-37(12-8-21)23-4-1-19(18-34)24(17-23)27(31,32)33/h1-6,17,21H,7-16H2,(H,35,39). The van der Waals surface area contributed by atoms with Gasteiger partial charge in [-0.05, 0) is 55.3 Å². The Bertz CT molecular complexity index is 1180. The van der Waals surface area contributed by atoms with E-state index in [1.54, 1.807) is 6.07 Å². The van der Waals surface area contributed by atoms with Crippen LogP contribution in [0.1, 0.15) is 36.0 Å². The normalized spacial score (nSPS) is 17.7. The lowest BCUT2D eigenvalue weighted by Crippen LogP contribution is -2.48. The number of carbonyl (C=O) groups excluding carboxylic acids is 1. The van der Waals surface area contributed by atoms with Crippen LogP contribution in [0.2, 0.25) is 0 Å². The van der Waals surface area contributed by atoms with Crippen molar-refractivity contribution in [3.05, 3.63) is 59.2 Å². The number of carbonyl (C=O) groups is 1. The van der Waals surface area contributed by atoms with E-state index in [4.69, 9.17) is 5.26 Å². The number of alkyl halides is 6. The molecule has 2 aromatic carbocycles. The molecule has 0 aromatic heterocycles. The summed E-state index contributed by atoms with van der Waals surface area (Å²) in [5, 5.41) is 12.0. The predicted molar refractivity (Wildman–Crippen MR) is 134 cm³/mol. The van der Waals surface area contributed by atoms with Gasteiger partial charge in [0, 0.05) is 69.7 Å². The van der Waals surface area contributed by atoms with Gasteiger partial charge in [-0.2, -0.15) is 31.6 Å². The minimum Gasteiger partial charge on any atom is -0.371 e. The van der Waals surface area contributed by atoms with E-state index in [2.05, 4.69) is 10.2 Å². The van der Waals surface area contributed by atoms with Crippen LogP contribution in [0.15, 0.2) is 42.5 Å². The smallest absolute Gasteiger partial charge is 0.371 e. The molecule has 4 rings (SSSR count). The first-order valence-corrected chi connectivity index (χ1v) is 12.7. The van der Waals surface area contributed by atoms with E-state index >= 15 is 0 Å². The minimum atomic E-state index is -4.61. The van der Waals surface area contributed by atoms with Crippen LogP contribution < -0.4 is 15.1 Å². The molecule has 0 unspecified atom stereocenters. The predicted octanol–water partition coefficient (Wildman–Crippen LogP) is 4.89. The average molecular weight is 554 g/mol. The van der Waals surface area contributed by atoms with E-state index in [-0.39, 0.29) is 11.9 Å². The second-order valence-corrected chi connectivity index (χ2v) is 9.79. The lowest BCUT2D eigenvalue weighted by molar-refractivity contribution is -0.138. The SMILES string of the molecule is N#Cc1ccc(N2CCC(NC(=O)CCN3CCN(c4ccc(C(F)(F)F)cc4)CC3)CC2)cc1C(F)(F)F. The summed E-state index contributed by atoms with van der Waals surface area (Å²) in [4.78, 5) is 18.5. The van der Waals surface area contributed by atoms with E-state index in [0.717, 1.165) is 23.9 Å². The van der Waals surface area contributed by atoms with Crippen LogP contribution >= 0.6 is 0 Å². The number of nitrogens with one attached hydrogen (secondary N) is 1. The van der Waals surface area contributed by atoms with E-state index in [1.165, 1.54) is 24.3 Å². The van der Waals surface area contributed by atoms with Gasteiger partial charge in [0.15, 0.2) is 0 Å². The highest BCUT2D eigenvalue weighted by atomic mass is 19.4. The van der Waals surface area contributed by atoms with Crippen LogP contribution in [0.3, 0.4) is 0 Å². The van der Waals surface area contributed by atoms with Gasteiger partial charge in [0.2, 0.25) is 5.91 Å². The molecular formula is C27H29F6N5O. The summed E-state index contributed by atoms with van der Waals surface area (Å²) in [6, 6.07) is 10.4. The van der Waals surface area contributed by atoms with Gasteiger partial charge >= 0.3 is 12.4 Å². The maximum Gasteiger partial charge on any atom is 0.417 e. The summed E-state index contributed by atoms with van der Waals surface area (Å²) in [6.07, 6.45) is -7.47. The number of nitriles is 1. The second kappa shape index (κ2) is 11.7. The number of anilines is 2. The third kappa shape index (κ3) is 7.35. The van der Waals surface area contributed by atoms with Gasteiger partial charge < -0.3 is 15.1 Å². The molecule has 0 saturated carbocycles. The maximum atomic E-state index is 13.3. The molecule has 2 aliphatic heterocycles. The monoisotopic (exact) mass is 553 g/mol. The fraction of sp³-hybridized carbons (Fsp3) is 0.481. The molecule has 210 valence electrons. The molecule has 2 aliphatic rings. The summed E-state index contributed by atoms with van der Waals surface area (Å²) in [5.74, 6) is -0.0867. The van der Waals surface area contributed by atoms with E-state index in [1.807, 2.05) is 9.80 Å². The molecule has 0 aliphatic carbocycles. The molecule has 0 bridgehead atoms. The van der Waals surface area contributed by atoms with Gasteiger partial charge in [-0.25, -0.2) is 0 Å². The van der Waals surface area contributed by atoms with Gasteiger partial charge in [0.05, 0.1) is 22.8 Å². The molecule has 2 aromatic rings. The summed E-state index contributed by atoms with van der Waals surface area (Å²) >= 11 is 0. The van der Waals surface area contributed by atoms with Crippen molar-refractivity contribution in [1.82, 2.24) is 10.2 Å². The van der Waals surface area contributed by atoms with Crippen molar-refractivity contribution in [2.24, 2.45) is 0 Å². The highest BCUT2D eigenvalue weighted by Gasteiger charge is 2.35. The molecule has 0 radical (unpaired) electrons. The van der Waals surface area contributed by atoms with Crippen molar-refractivity contribution in [3.8, 4) is 6.07 Å². The number of halogens is 6. The number of hydrogen-bond donors (Lipinski definition) is 1. The molecule has 6 nitrogen and oxygen atoms in total. The fourth-order valence-electron chi connectivity index (χ4n) is 4.99. The Balaban J connectivity index is 1.18. The van der Waals surface area contributed by atoms with Gasteiger partial charge in [0.1, 0.15) is 0 Å². The lowest BCUT2D eigenvalue weighted by atomic mass is 10.0. The topological polar surface area (TPSA) is 62.6 Å². The van der Waals surface area contributed by atoms with Crippen molar-refractivity contribution in [3.63, 3.8) is 0 Å². The first-order chi connectivity index (χ1) is 18.4. The van der Waals surface area contributed by atoms with Gasteiger partial charge in [-0.3, -0.25) is 9.69 Å². The van der Waals surface area contributed by atoms with Crippen LogP contribution in [-0.4, -0.2) is 62.7 Å². The first kappa shape index (κ1) is 28.5. The van der Waals surface area contributed by atoms with Crippen LogP contribution in [-0.2, 0) is 17.1 Å². The molecule has 0 atom stereocenters. The molecule has 2 fully saturated rings. The largest absolute Gasteiger partial charge is 0.417 e. The van der Waals surface area contributed by atoms with Crippen LogP contribution in [0.5, 0.6) is 0 Å². The van der Waals surface area contributed by atoms with E-state index < -0.39 is 29.0 Å². The number of rotatable bonds is 6. The van der Waals surface area contributed by atoms with Crippen molar-refractivity contribution < 1.29 is 31.1 Å². The van der Waals surface area contributed by atoms with Crippen molar-refractivity contribution in [2.75, 3.05) is 55.6 Å². The fourth-order valence-corrected chi connectivity index (χ4v) is 4.99. The Hall–Kier alpha value is -3.46. The Labute approximate surface area is 222 Å². The molecule has 12 heteroatoms. The number of amides is 1. The third-order valence-corrected chi connectivity index (χ3v) is 7.24. The molecule has 2 saturated heterocycles.